The van der Waals surface area contributed by atoms with Gasteiger partial charge in [-0.3, -0.25) is 9.78 Å². The van der Waals surface area contributed by atoms with E-state index in [4.69, 9.17) is 0 Å². The van der Waals surface area contributed by atoms with Crippen molar-refractivity contribution >= 4 is 5.78 Å². The normalized spacial score (nSPS) is 10.3. The predicted octanol–water partition coefficient (Wildman–Crippen LogP) is 3.57. The van der Waals surface area contributed by atoms with Crippen molar-refractivity contribution < 1.29 is 4.79 Å². The molecule has 2 nitrogen and oxygen atoms in total. The van der Waals surface area contributed by atoms with E-state index in [1.54, 1.807) is 12.3 Å². The lowest BCUT2D eigenvalue weighted by Gasteiger charge is -2.05. The van der Waals surface area contributed by atoms with Gasteiger partial charge in [-0.1, -0.05) is 35.4 Å². The van der Waals surface area contributed by atoms with Gasteiger partial charge in [0.1, 0.15) is 5.69 Å². The highest BCUT2D eigenvalue weighted by atomic mass is 16.1. The molecule has 0 spiro atoms. The highest BCUT2D eigenvalue weighted by Gasteiger charge is 2.03. The van der Waals surface area contributed by atoms with Crippen LogP contribution in [0.2, 0.25) is 0 Å². The molecule has 0 amide bonds. The summed E-state index contributed by atoms with van der Waals surface area (Å²) in [6.07, 6.45) is 1.75. The molecular formula is C15H15NO. The largest absolute Gasteiger partial charge is 0.293 e. The summed E-state index contributed by atoms with van der Waals surface area (Å²) in [5.74, 6) is -0.00280. The standard InChI is InChI=1S/C15H15NO/c1-10-6-11(2)8-14(7-10)13-4-5-15(12(3)17)16-9-13/h4-9H,1-3H3. The molecule has 0 atom stereocenters. The van der Waals surface area contributed by atoms with Crippen LogP contribution < -0.4 is 0 Å². The number of ketones is 1. The van der Waals surface area contributed by atoms with Crippen molar-refractivity contribution in [1.82, 2.24) is 4.98 Å². The second kappa shape index (κ2) is 4.50. The van der Waals surface area contributed by atoms with Gasteiger partial charge in [0.15, 0.2) is 5.78 Å². The molecule has 0 aliphatic heterocycles. The fraction of sp³-hybridized carbons (Fsp3) is 0.200. The molecule has 2 rings (SSSR count). The first-order chi connectivity index (χ1) is 8.06. The molecule has 1 aromatic carbocycles. The summed E-state index contributed by atoms with van der Waals surface area (Å²) in [5.41, 5.74) is 5.16. The van der Waals surface area contributed by atoms with Gasteiger partial charge in [-0.15, -0.1) is 0 Å². The van der Waals surface area contributed by atoms with Crippen molar-refractivity contribution in [2.75, 3.05) is 0 Å². The molecule has 1 aromatic heterocycles. The maximum Gasteiger partial charge on any atom is 0.178 e. The Bertz CT molecular complexity index is 535. The minimum atomic E-state index is -0.00280. The van der Waals surface area contributed by atoms with E-state index >= 15 is 0 Å². The number of carbonyl (C=O) groups excluding carboxylic acids is 1. The van der Waals surface area contributed by atoms with Crippen LogP contribution in [0.15, 0.2) is 36.5 Å². The van der Waals surface area contributed by atoms with Crippen LogP contribution in [0.1, 0.15) is 28.5 Å². The zero-order valence-corrected chi connectivity index (χ0v) is 10.3. The molecule has 2 aromatic rings. The van der Waals surface area contributed by atoms with Crippen molar-refractivity contribution in [3.05, 3.63) is 53.3 Å². The predicted molar refractivity (Wildman–Crippen MR) is 69.2 cm³/mol. The summed E-state index contributed by atoms with van der Waals surface area (Å²) in [7, 11) is 0. The van der Waals surface area contributed by atoms with Crippen molar-refractivity contribution in [1.29, 1.82) is 0 Å². The lowest BCUT2D eigenvalue weighted by Crippen LogP contribution is -1.95. The average Bonchev–Trinajstić information content (AvgIpc) is 2.28. The second-order valence-corrected chi connectivity index (χ2v) is 4.36. The zero-order chi connectivity index (χ0) is 12.4. The Balaban J connectivity index is 2.43. The van der Waals surface area contributed by atoms with Crippen molar-refractivity contribution in [3.63, 3.8) is 0 Å². The summed E-state index contributed by atoms with van der Waals surface area (Å²) in [6, 6.07) is 10.1. The fourth-order valence-electron chi connectivity index (χ4n) is 1.91. The third kappa shape index (κ3) is 2.59. The maximum atomic E-state index is 11.1. The topological polar surface area (TPSA) is 30.0 Å². The number of benzene rings is 1. The van der Waals surface area contributed by atoms with Crippen molar-refractivity contribution in [3.8, 4) is 11.1 Å². The molecule has 86 valence electrons. The van der Waals surface area contributed by atoms with Crippen molar-refractivity contribution in [2.24, 2.45) is 0 Å². The van der Waals surface area contributed by atoms with E-state index < -0.39 is 0 Å². The Hall–Kier alpha value is -1.96. The number of hydrogen-bond acceptors (Lipinski definition) is 2. The molecule has 0 aliphatic rings. The number of pyridine rings is 1. The van der Waals surface area contributed by atoms with E-state index in [0.717, 1.165) is 11.1 Å². The first kappa shape index (κ1) is 11.5. The number of rotatable bonds is 2. The number of aryl methyl sites for hydroxylation is 2. The quantitative estimate of drug-likeness (QED) is 0.731. The van der Waals surface area contributed by atoms with Gasteiger partial charge < -0.3 is 0 Å². The highest BCUT2D eigenvalue weighted by molar-refractivity contribution is 5.92. The summed E-state index contributed by atoms with van der Waals surface area (Å²) in [4.78, 5) is 15.3. The maximum absolute atomic E-state index is 11.1. The second-order valence-electron chi connectivity index (χ2n) is 4.36. The molecule has 0 aliphatic carbocycles. The number of aromatic nitrogens is 1. The van der Waals surface area contributed by atoms with Crippen LogP contribution in [0, 0.1) is 13.8 Å². The van der Waals surface area contributed by atoms with E-state index in [9.17, 15) is 4.79 Å². The van der Waals surface area contributed by atoms with Gasteiger partial charge in [0.25, 0.3) is 0 Å². The number of nitrogens with zero attached hydrogens (tertiary/aromatic N) is 1. The van der Waals surface area contributed by atoms with E-state index in [2.05, 4.69) is 37.0 Å². The summed E-state index contributed by atoms with van der Waals surface area (Å²) >= 11 is 0. The van der Waals surface area contributed by atoms with Gasteiger partial charge in [0.2, 0.25) is 0 Å². The molecule has 0 saturated heterocycles. The molecule has 0 saturated carbocycles. The SMILES string of the molecule is CC(=O)c1ccc(-c2cc(C)cc(C)c2)cn1. The van der Waals surface area contributed by atoms with Gasteiger partial charge in [0, 0.05) is 18.7 Å². The summed E-state index contributed by atoms with van der Waals surface area (Å²) in [6.45, 7) is 5.68. The molecule has 0 radical (unpaired) electrons. The number of carbonyl (C=O) groups is 1. The molecule has 2 heteroatoms. The first-order valence-electron chi connectivity index (χ1n) is 5.62. The fourth-order valence-corrected chi connectivity index (χ4v) is 1.91. The Kier molecular flexibility index (Phi) is 3.05. The number of Topliss-reactive ketones (excluding diaryl/α,β-unsaturated/α-hetero) is 1. The molecule has 1 heterocycles. The third-order valence-corrected chi connectivity index (χ3v) is 2.68. The Morgan fingerprint density at radius 2 is 1.65 bits per heavy atom. The number of hydrogen-bond donors (Lipinski definition) is 0. The van der Waals surface area contributed by atoms with Gasteiger partial charge >= 0.3 is 0 Å². The lowest BCUT2D eigenvalue weighted by atomic mass is 10.0. The van der Waals surface area contributed by atoms with Crippen LogP contribution in [0.5, 0.6) is 0 Å². The summed E-state index contributed by atoms with van der Waals surface area (Å²) in [5, 5.41) is 0. The van der Waals surface area contributed by atoms with Gasteiger partial charge in [-0.25, -0.2) is 0 Å². The average molecular weight is 225 g/mol. The van der Waals surface area contributed by atoms with Crippen LogP contribution >= 0.6 is 0 Å². The van der Waals surface area contributed by atoms with E-state index in [1.165, 1.54) is 18.1 Å². The minimum Gasteiger partial charge on any atom is -0.293 e. The molecule has 0 unspecified atom stereocenters. The molecule has 0 N–H and O–H groups in total. The summed E-state index contributed by atoms with van der Waals surface area (Å²) < 4.78 is 0. The third-order valence-electron chi connectivity index (χ3n) is 2.68. The Labute approximate surface area is 101 Å². The van der Waals surface area contributed by atoms with E-state index in [1.807, 2.05) is 6.07 Å². The molecule has 0 fully saturated rings. The highest BCUT2D eigenvalue weighted by Crippen LogP contribution is 2.21. The van der Waals surface area contributed by atoms with Gasteiger partial charge in [-0.05, 0) is 25.5 Å². The monoisotopic (exact) mass is 225 g/mol. The Morgan fingerprint density at radius 3 is 2.12 bits per heavy atom. The van der Waals surface area contributed by atoms with Crippen LogP contribution in [-0.2, 0) is 0 Å². The minimum absolute atomic E-state index is 0.00280. The van der Waals surface area contributed by atoms with Gasteiger partial charge in [-0.2, -0.15) is 0 Å². The molecular weight excluding hydrogens is 210 g/mol. The first-order valence-corrected chi connectivity index (χ1v) is 5.62. The molecule has 17 heavy (non-hydrogen) atoms. The lowest BCUT2D eigenvalue weighted by molar-refractivity contribution is 0.101. The Morgan fingerprint density at radius 1 is 1.00 bits per heavy atom. The van der Waals surface area contributed by atoms with E-state index in [-0.39, 0.29) is 5.78 Å². The van der Waals surface area contributed by atoms with Crippen molar-refractivity contribution in [2.45, 2.75) is 20.8 Å². The smallest absolute Gasteiger partial charge is 0.178 e. The van der Waals surface area contributed by atoms with Crippen LogP contribution in [0.3, 0.4) is 0 Å². The molecule has 0 bridgehead atoms. The van der Waals surface area contributed by atoms with Crippen LogP contribution in [0.25, 0.3) is 11.1 Å². The zero-order valence-electron chi connectivity index (χ0n) is 10.3. The van der Waals surface area contributed by atoms with E-state index in [0.29, 0.717) is 5.69 Å². The van der Waals surface area contributed by atoms with Gasteiger partial charge in [0.05, 0.1) is 0 Å². The van der Waals surface area contributed by atoms with Crippen LogP contribution in [0.4, 0.5) is 0 Å². The van der Waals surface area contributed by atoms with Crippen LogP contribution in [-0.4, -0.2) is 10.8 Å².